The van der Waals surface area contributed by atoms with Gasteiger partial charge in [0.25, 0.3) is 5.91 Å². The van der Waals surface area contributed by atoms with Gasteiger partial charge in [0.15, 0.2) is 6.61 Å². The van der Waals surface area contributed by atoms with Gasteiger partial charge in [0, 0.05) is 5.69 Å². The van der Waals surface area contributed by atoms with Crippen LogP contribution in [0.4, 0.5) is 5.69 Å². The lowest BCUT2D eigenvalue weighted by Gasteiger charge is -2.14. The minimum absolute atomic E-state index is 0.265. The van der Waals surface area contributed by atoms with Crippen LogP contribution in [0.25, 0.3) is 0 Å². The summed E-state index contributed by atoms with van der Waals surface area (Å²) in [5, 5.41) is 2.81. The maximum absolute atomic E-state index is 12.3. The molecule has 0 saturated heterocycles. The van der Waals surface area contributed by atoms with E-state index in [2.05, 4.69) is 11.4 Å². The summed E-state index contributed by atoms with van der Waals surface area (Å²) in [4.78, 5) is 24.4. The Kier molecular flexibility index (Phi) is 5.49. The molecular weight excluding hydrogens is 314 g/mol. The summed E-state index contributed by atoms with van der Waals surface area (Å²) in [5.41, 5.74) is 4.33. The predicted molar refractivity (Wildman–Crippen MR) is 97.5 cm³/mol. The van der Waals surface area contributed by atoms with E-state index in [1.165, 1.54) is 17.5 Å². The molecule has 1 N–H and O–H groups in total. The number of carbonyl (C=O) groups excluding carboxylic acids is 2. The summed E-state index contributed by atoms with van der Waals surface area (Å²) in [6.07, 6.45) is 3.97. The number of esters is 1. The quantitative estimate of drug-likeness (QED) is 0.815. The minimum Gasteiger partial charge on any atom is -0.455 e. The third kappa shape index (κ3) is 4.27. The highest BCUT2D eigenvalue weighted by atomic mass is 16.5. The first-order chi connectivity index (χ1) is 12.2. The number of fused-ring (bicyclic) bond motifs is 1. The fourth-order valence-corrected chi connectivity index (χ4v) is 3.31. The Hall–Kier alpha value is -2.62. The molecule has 1 aliphatic carbocycles. The molecule has 0 aliphatic heterocycles. The third-order valence-electron chi connectivity index (χ3n) is 4.62. The fraction of sp³-hybridized carbons (Fsp3) is 0.333. The molecule has 1 amide bonds. The molecule has 0 unspecified atom stereocenters. The topological polar surface area (TPSA) is 55.4 Å². The average Bonchev–Trinajstić information content (AvgIpc) is 3.09. The molecule has 25 heavy (non-hydrogen) atoms. The summed E-state index contributed by atoms with van der Waals surface area (Å²) in [5.74, 6) is -1.01. The van der Waals surface area contributed by atoms with Crippen molar-refractivity contribution in [1.82, 2.24) is 0 Å². The van der Waals surface area contributed by atoms with Crippen LogP contribution in [-0.4, -0.2) is 18.5 Å². The van der Waals surface area contributed by atoms with Crippen molar-refractivity contribution in [3.05, 3.63) is 65.2 Å². The van der Waals surface area contributed by atoms with Crippen molar-refractivity contribution in [2.24, 2.45) is 0 Å². The van der Waals surface area contributed by atoms with E-state index in [9.17, 15) is 9.59 Å². The van der Waals surface area contributed by atoms with Gasteiger partial charge in [0.2, 0.25) is 0 Å². The lowest BCUT2D eigenvalue weighted by Crippen LogP contribution is -2.24. The fourth-order valence-electron chi connectivity index (χ4n) is 3.31. The van der Waals surface area contributed by atoms with Crippen molar-refractivity contribution in [3.8, 4) is 0 Å². The predicted octanol–water partition coefficient (Wildman–Crippen LogP) is 3.85. The molecular formula is C21H23NO3. The van der Waals surface area contributed by atoms with E-state index in [1.807, 2.05) is 49.4 Å². The second-order valence-corrected chi connectivity index (χ2v) is 6.36. The van der Waals surface area contributed by atoms with Gasteiger partial charge in [-0.05, 0) is 54.5 Å². The number of carbonyl (C=O) groups is 2. The van der Waals surface area contributed by atoms with Gasteiger partial charge in [0.1, 0.15) is 0 Å². The summed E-state index contributed by atoms with van der Waals surface area (Å²) >= 11 is 0. The van der Waals surface area contributed by atoms with Gasteiger partial charge in [-0.2, -0.15) is 0 Å². The number of benzene rings is 2. The van der Waals surface area contributed by atoms with Crippen LogP contribution in [0, 0.1) is 0 Å². The van der Waals surface area contributed by atoms with Crippen LogP contribution in [0.5, 0.6) is 0 Å². The van der Waals surface area contributed by atoms with E-state index in [1.54, 1.807) is 0 Å². The second kappa shape index (κ2) is 7.97. The Morgan fingerprint density at radius 1 is 1.08 bits per heavy atom. The molecule has 0 bridgehead atoms. The van der Waals surface area contributed by atoms with Gasteiger partial charge in [-0.25, -0.2) is 0 Å². The van der Waals surface area contributed by atoms with Crippen LogP contribution in [-0.2, 0) is 27.2 Å². The maximum Gasteiger partial charge on any atom is 0.313 e. The summed E-state index contributed by atoms with van der Waals surface area (Å²) < 4.78 is 5.23. The average molecular weight is 337 g/mol. The largest absolute Gasteiger partial charge is 0.455 e. The van der Waals surface area contributed by atoms with Crippen LogP contribution in [0.1, 0.15) is 42.4 Å². The van der Waals surface area contributed by atoms with Gasteiger partial charge in [-0.1, -0.05) is 43.3 Å². The molecule has 1 atom stereocenters. The van der Waals surface area contributed by atoms with Gasteiger partial charge >= 0.3 is 5.97 Å². The first kappa shape index (κ1) is 17.2. The Labute approximate surface area is 148 Å². The first-order valence-corrected chi connectivity index (χ1v) is 8.80. The number of anilines is 1. The van der Waals surface area contributed by atoms with E-state index < -0.39 is 0 Å². The molecule has 0 saturated carbocycles. The number of nitrogens with one attached hydrogen (secondary N) is 1. The van der Waals surface area contributed by atoms with Crippen LogP contribution in [0.2, 0.25) is 0 Å². The van der Waals surface area contributed by atoms with E-state index >= 15 is 0 Å². The highest BCUT2D eigenvalue weighted by Crippen LogP contribution is 2.25. The molecule has 0 radical (unpaired) electrons. The van der Waals surface area contributed by atoms with Crippen molar-refractivity contribution in [1.29, 1.82) is 0 Å². The number of rotatable bonds is 6. The summed E-state index contributed by atoms with van der Waals surface area (Å²) in [6, 6.07) is 15.5. The molecule has 0 aromatic heterocycles. The SMILES string of the molecule is CC[C@H](C(=O)OCC(=O)Nc1ccc2c(c1)CCC2)c1ccccc1. The highest BCUT2D eigenvalue weighted by Gasteiger charge is 2.21. The van der Waals surface area contributed by atoms with E-state index in [-0.39, 0.29) is 24.4 Å². The Bertz CT molecular complexity index is 755. The molecule has 2 aromatic carbocycles. The molecule has 4 heteroatoms. The van der Waals surface area contributed by atoms with E-state index in [4.69, 9.17) is 4.74 Å². The number of aryl methyl sites for hydroxylation is 2. The second-order valence-electron chi connectivity index (χ2n) is 6.36. The number of ether oxygens (including phenoxy) is 1. The van der Waals surface area contributed by atoms with Crippen LogP contribution in [0.3, 0.4) is 0 Å². The molecule has 0 fully saturated rings. The van der Waals surface area contributed by atoms with Crippen LogP contribution in [0.15, 0.2) is 48.5 Å². The number of hydrogen-bond acceptors (Lipinski definition) is 3. The molecule has 130 valence electrons. The minimum atomic E-state index is -0.363. The summed E-state index contributed by atoms with van der Waals surface area (Å²) in [7, 11) is 0. The number of hydrogen-bond donors (Lipinski definition) is 1. The van der Waals surface area contributed by atoms with Gasteiger partial charge in [-0.3, -0.25) is 9.59 Å². The normalized spacial score (nSPS) is 13.8. The zero-order valence-corrected chi connectivity index (χ0v) is 14.5. The molecule has 1 aliphatic rings. The number of amides is 1. The smallest absolute Gasteiger partial charge is 0.313 e. The van der Waals surface area contributed by atoms with Crippen molar-refractivity contribution in [2.45, 2.75) is 38.5 Å². The van der Waals surface area contributed by atoms with Crippen LogP contribution >= 0.6 is 0 Å². The first-order valence-electron chi connectivity index (χ1n) is 8.80. The molecule has 0 spiro atoms. The molecule has 3 rings (SSSR count). The summed E-state index contributed by atoms with van der Waals surface area (Å²) in [6.45, 7) is 1.67. The zero-order chi connectivity index (χ0) is 17.6. The Morgan fingerprint density at radius 3 is 2.60 bits per heavy atom. The van der Waals surface area contributed by atoms with Crippen molar-refractivity contribution in [2.75, 3.05) is 11.9 Å². The van der Waals surface area contributed by atoms with Gasteiger partial charge in [-0.15, -0.1) is 0 Å². The van der Waals surface area contributed by atoms with E-state index in [0.29, 0.717) is 6.42 Å². The van der Waals surface area contributed by atoms with E-state index in [0.717, 1.165) is 24.1 Å². The van der Waals surface area contributed by atoms with Gasteiger partial charge in [0.05, 0.1) is 5.92 Å². The van der Waals surface area contributed by atoms with Gasteiger partial charge < -0.3 is 10.1 Å². The zero-order valence-electron chi connectivity index (χ0n) is 14.5. The van der Waals surface area contributed by atoms with Crippen molar-refractivity contribution in [3.63, 3.8) is 0 Å². The van der Waals surface area contributed by atoms with Crippen molar-refractivity contribution >= 4 is 17.6 Å². The third-order valence-corrected chi connectivity index (χ3v) is 4.62. The Morgan fingerprint density at radius 2 is 1.84 bits per heavy atom. The standard InChI is InChI=1S/C21H23NO3/c1-2-19(16-7-4-3-5-8-16)21(24)25-14-20(23)22-18-12-11-15-9-6-10-17(15)13-18/h3-5,7-8,11-13,19H,2,6,9-10,14H2,1H3,(H,22,23)/t19-/m0/s1. The van der Waals surface area contributed by atoms with Crippen molar-refractivity contribution < 1.29 is 14.3 Å². The maximum atomic E-state index is 12.3. The molecule has 0 heterocycles. The van der Waals surface area contributed by atoms with Crippen LogP contribution < -0.4 is 5.32 Å². The lowest BCUT2D eigenvalue weighted by atomic mass is 9.97. The Balaban J connectivity index is 1.54. The molecule has 4 nitrogen and oxygen atoms in total. The monoisotopic (exact) mass is 337 g/mol. The molecule has 2 aromatic rings. The highest BCUT2D eigenvalue weighted by molar-refractivity contribution is 5.93. The lowest BCUT2D eigenvalue weighted by molar-refractivity contribution is -0.149.